The number of nitrogens with one attached hydrogen (secondary N) is 1. The lowest BCUT2D eigenvalue weighted by atomic mass is 9.96. The minimum Gasteiger partial charge on any atom is -0.473 e. The lowest BCUT2D eigenvalue weighted by Gasteiger charge is -2.29. The number of Topliss-reactive ketones (excluding diaryl/α,β-unsaturated/α-hetero) is 1. The fourth-order valence-electron chi connectivity index (χ4n) is 3.79. The summed E-state index contributed by atoms with van der Waals surface area (Å²) in [6, 6.07) is 3.52. The molecule has 1 unspecified atom stereocenters. The summed E-state index contributed by atoms with van der Waals surface area (Å²) in [6.45, 7) is 1.41. The van der Waals surface area contributed by atoms with Crippen LogP contribution in [0.5, 0.6) is 0 Å². The van der Waals surface area contributed by atoms with Gasteiger partial charge in [0.2, 0.25) is 0 Å². The van der Waals surface area contributed by atoms with E-state index >= 15 is 0 Å². The fraction of sp³-hybridized carbons (Fsp3) is 0.389. The number of halogens is 3. The molecule has 2 aliphatic rings. The van der Waals surface area contributed by atoms with Crippen LogP contribution in [0.3, 0.4) is 0 Å². The zero-order chi connectivity index (χ0) is 20.6. The number of nitrogens with zero attached hydrogens (tertiary/aromatic N) is 1. The van der Waals surface area contributed by atoms with Crippen LogP contribution in [0.25, 0.3) is 10.9 Å². The van der Waals surface area contributed by atoms with E-state index in [1.807, 2.05) is 6.07 Å². The Morgan fingerprint density at radius 2 is 1.75 bits per heavy atom. The van der Waals surface area contributed by atoms with Gasteiger partial charge in [0.05, 0.1) is 5.52 Å². The highest BCUT2D eigenvalue weighted by Gasteiger charge is 2.47. The predicted octanol–water partition coefficient (Wildman–Crippen LogP) is 2.17. The van der Waals surface area contributed by atoms with E-state index in [2.05, 4.69) is 5.32 Å². The number of aliphatic carboxylic acids is 2. The Hall–Kier alpha value is -2.88. The van der Waals surface area contributed by atoms with Crippen LogP contribution in [-0.2, 0) is 22.4 Å². The summed E-state index contributed by atoms with van der Waals surface area (Å²) in [6.07, 6.45) is -3.65. The normalized spacial score (nSPS) is 18.7. The van der Waals surface area contributed by atoms with Gasteiger partial charge >= 0.3 is 18.1 Å². The number of ketones is 1. The van der Waals surface area contributed by atoms with Crippen molar-refractivity contribution in [1.29, 1.82) is 0 Å². The summed E-state index contributed by atoms with van der Waals surface area (Å²) >= 11 is 0. The molecular weight excluding hydrogens is 381 g/mol. The number of hydrogen-bond acceptors (Lipinski definition) is 4. The number of benzene rings is 1. The Kier molecular flexibility index (Phi) is 5.16. The molecule has 150 valence electrons. The Morgan fingerprint density at radius 3 is 2.36 bits per heavy atom. The van der Waals surface area contributed by atoms with Crippen LogP contribution in [0, 0.1) is 0 Å². The summed E-state index contributed by atoms with van der Waals surface area (Å²) in [5.74, 6) is -4.06. The van der Waals surface area contributed by atoms with Gasteiger partial charge in [0.15, 0.2) is 5.78 Å². The highest BCUT2D eigenvalue weighted by Crippen LogP contribution is 2.44. The molecule has 0 saturated heterocycles. The van der Waals surface area contributed by atoms with Crippen LogP contribution >= 0.6 is 0 Å². The second-order valence-corrected chi connectivity index (χ2v) is 6.54. The van der Waals surface area contributed by atoms with Crippen LogP contribution in [0.1, 0.15) is 34.1 Å². The summed E-state index contributed by atoms with van der Waals surface area (Å²) in [4.78, 5) is 30.4. The fourth-order valence-corrected chi connectivity index (χ4v) is 3.79. The van der Waals surface area contributed by atoms with E-state index in [-0.39, 0.29) is 0 Å². The van der Waals surface area contributed by atoms with Gasteiger partial charge in [-0.1, -0.05) is 12.1 Å². The maximum Gasteiger partial charge on any atom is 0.414 e. The second-order valence-electron chi connectivity index (χ2n) is 6.54. The van der Waals surface area contributed by atoms with E-state index in [0.29, 0.717) is 30.5 Å². The van der Waals surface area contributed by atoms with Crippen molar-refractivity contribution in [2.24, 2.45) is 0 Å². The predicted molar refractivity (Wildman–Crippen MR) is 91.5 cm³/mol. The van der Waals surface area contributed by atoms with Crippen LogP contribution < -0.4 is 5.32 Å². The molecule has 28 heavy (non-hydrogen) atoms. The Labute approximate surface area is 156 Å². The molecule has 2 aromatic rings. The molecule has 0 radical (unpaired) electrons. The number of fused-ring (bicyclic) bond motifs is 3. The Morgan fingerprint density at radius 1 is 1.11 bits per heavy atom. The van der Waals surface area contributed by atoms with Crippen molar-refractivity contribution < 1.29 is 37.8 Å². The first-order chi connectivity index (χ1) is 13.1. The van der Waals surface area contributed by atoms with Crippen LogP contribution in [-0.4, -0.2) is 51.8 Å². The van der Waals surface area contributed by atoms with Gasteiger partial charge in [-0.3, -0.25) is 4.79 Å². The molecule has 10 heteroatoms. The minimum absolute atomic E-state index is 0.411. The first kappa shape index (κ1) is 19.9. The van der Waals surface area contributed by atoms with Crippen molar-refractivity contribution in [2.75, 3.05) is 13.1 Å². The third-order valence-corrected chi connectivity index (χ3v) is 4.88. The van der Waals surface area contributed by atoms with Crippen molar-refractivity contribution in [2.45, 2.75) is 31.5 Å². The van der Waals surface area contributed by atoms with E-state index in [0.717, 1.165) is 23.2 Å². The van der Waals surface area contributed by atoms with Gasteiger partial charge in [0.25, 0.3) is 0 Å². The molecule has 1 aromatic carbocycles. The van der Waals surface area contributed by atoms with E-state index in [9.17, 15) is 18.0 Å². The van der Waals surface area contributed by atoms with E-state index < -0.39 is 36.4 Å². The summed E-state index contributed by atoms with van der Waals surface area (Å²) in [5.41, 5.74) is 2.61. The van der Waals surface area contributed by atoms with Crippen LogP contribution in [0.2, 0.25) is 0 Å². The van der Waals surface area contributed by atoms with Crippen LogP contribution in [0.15, 0.2) is 18.2 Å². The molecule has 2 aliphatic heterocycles. The number of rotatable bonds is 0. The second kappa shape index (κ2) is 7.27. The zero-order valence-corrected chi connectivity index (χ0v) is 14.5. The zero-order valence-electron chi connectivity index (χ0n) is 14.5. The number of hydrogen-bond donors (Lipinski definition) is 3. The molecule has 7 nitrogen and oxygen atoms in total. The van der Waals surface area contributed by atoms with Crippen molar-refractivity contribution in [3.05, 3.63) is 35.0 Å². The third-order valence-electron chi connectivity index (χ3n) is 4.88. The van der Waals surface area contributed by atoms with Gasteiger partial charge in [0.1, 0.15) is 6.04 Å². The van der Waals surface area contributed by atoms with Gasteiger partial charge in [-0.2, -0.15) is 13.2 Å². The molecule has 0 bridgehead atoms. The number of alkyl halides is 3. The molecule has 0 aliphatic carbocycles. The number of para-hydroxylation sites is 1. The smallest absolute Gasteiger partial charge is 0.414 e. The molecule has 4 rings (SSSR count). The largest absolute Gasteiger partial charge is 0.473 e. The van der Waals surface area contributed by atoms with Crippen LogP contribution in [0.4, 0.5) is 13.2 Å². The molecular formula is C18H17F3N2O5. The number of carboxylic acid groups (broad SMARTS) is 2. The Bertz CT molecular complexity index is 952. The lowest BCUT2D eigenvalue weighted by Crippen LogP contribution is -2.33. The van der Waals surface area contributed by atoms with E-state index in [4.69, 9.17) is 19.8 Å². The molecule has 3 heterocycles. The minimum atomic E-state index is -4.41. The summed E-state index contributed by atoms with van der Waals surface area (Å²) < 4.78 is 41.9. The molecule has 0 spiro atoms. The molecule has 1 aromatic heterocycles. The van der Waals surface area contributed by atoms with Crippen molar-refractivity contribution in [1.82, 2.24) is 9.88 Å². The van der Waals surface area contributed by atoms with E-state index in [1.54, 1.807) is 12.1 Å². The maximum atomic E-state index is 13.5. The SMILES string of the molecule is O=C(O)C(=O)O.O=C1CC(C(F)(F)F)n2c3c(c4cccc1c42)CCNCC3. The highest BCUT2D eigenvalue weighted by molar-refractivity contribution is 6.27. The molecule has 0 saturated carbocycles. The summed E-state index contributed by atoms with van der Waals surface area (Å²) in [5, 5.41) is 18.8. The number of aromatic nitrogens is 1. The monoisotopic (exact) mass is 398 g/mol. The third kappa shape index (κ3) is 3.47. The van der Waals surface area contributed by atoms with Gasteiger partial charge in [-0.15, -0.1) is 0 Å². The van der Waals surface area contributed by atoms with Crippen molar-refractivity contribution >= 4 is 28.6 Å². The standard InChI is InChI=1S/C16H15F3N2O.C2H2O4/c17-16(18,19)14-8-13(22)11-3-1-2-10-9-4-6-20-7-5-12(9)21(14)15(10)11;3-1(4)2(5)6/h1-3,14,20H,4-8H2;(H,3,4)(H,5,6). The first-order valence-electron chi connectivity index (χ1n) is 8.54. The number of carboxylic acids is 2. The average molecular weight is 398 g/mol. The van der Waals surface area contributed by atoms with Gasteiger partial charge in [-0.25, -0.2) is 9.59 Å². The van der Waals surface area contributed by atoms with Crippen molar-refractivity contribution in [3.8, 4) is 0 Å². The van der Waals surface area contributed by atoms with Gasteiger partial charge < -0.3 is 20.1 Å². The van der Waals surface area contributed by atoms with E-state index in [1.165, 1.54) is 4.57 Å². The van der Waals surface area contributed by atoms with Crippen molar-refractivity contribution in [3.63, 3.8) is 0 Å². The molecule has 0 amide bonds. The molecule has 0 fully saturated rings. The Balaban J connectivity index is 0.000000330. The topological polar surface area (TPSA) is 109 Å². The quantitative estimate of drug-likeness (QED) is 0.587. The average Bonchev–Trinajstić information content (AvgIpc) is 2.78. The first-order valence-corrected chi connectivity index (χ1v) is 8.54. The van der Waals surface area contributed by atoms with Gasteiger partial charge in [0, 0.05) is 36.0 Å². The lowest BCUT2D eigenvalue weighted by molar-refractivity contribution is -0.166. The summed E-state index contributed by atoms with van der Waals surface area (Å²) in [7, 11) is 0. The number of carbonyl (C=O) groups excluding carboxylic acids is 1. The maximum absolute atomic E-state index is 13.5. The van der Waals surface area contributed by atoms with Gasteiger partial charge in [-0.05, 0) is 24.6 Å². The molecule has 1 atom stereocenters. The highest BCUT2D eigenvalue weighted by atomic mass is 19.4. The number of carbonyl (C=O) groups is 3. The molecule has 3 N–H and O–H groups in total.